The van der Waals surface area contributed by atoms with Crippen molar-refractivity contribution in [3.8, 4) is 0 Å². The van der Waals surface area contributed by atoms with Gasteiger partial charge < -0.3 is 10.2 Å². The number of carbonyl (C=O) groups excluding carboxylic acids is 1. The third-order valence-electron chi connectivity index (χ3n) is 5.64. The summed E-state index contributed by atoms with van der Waals surface area (Å²) in [5.41, 5.74) is 2.42. The Labute approximate surface area is 187 Å². The first-order valence-corrected chi connectivity index (χ1v) is 11.9. The van der Waals surface area contributed by atoms with Crippen LogP contribution in [0.1, 0.15) is 48.0 Å². The standard InChI is InChI=1S/C24H35N3O3S/c1-8-20(12-11-19(3)26-31(29,30)23(4,5)6)22(28)25-24(7)14-13-21(17-18(24)2)27-15-9-10-16-27/h8-13,17,26H,3,14-16H2,1-2,4-7H3,(H,25,28)/b12-11-,20-8+. The van der Waals surface area contributed by atoms with Gasteiger partial charge in [0.2, 0.25) is 10.0 Å². The van der Waals surface area contributed by atoms with Gasteiger partial charge in [0.05, 0.1) is 10.3 Å². The molecule has 0 aromatic heterocycles. The van der Waals surface area contributed by atoms with Gasteiger partial charge in [-0.25, -0.2) is 8.42 Å². The summed E-state index contributed by atoms with van der Waals surface area (Å²) < 4.78 is 26.0. The Hall–Kier alpha value is -2.54. The molecule has 170 valence electrons. The average molecular weight is 446 g/mol. The van der Waals surface area contributed by atoms with Gasteiger partial charge in [-0.1, -0.05) is 30.9 Å². The smallest absolute Gasteiger partial charge is 0.251 e. The summed E-state index contributed by atoms with van der Waals surface area (Å²) >= 11 is 0. The van der Waals surface area contributed by atoms with Crippen LogP contribution < -0.4 is 10.0 Å². The second-order valence-electron chi connectivity index (χ2n) is 9.14. The highest BCUT2D eigenvalue weighted by molar-refractivity contribution is 7.90. The normalized spacial score (nSPS) is 22.4. The molecule has 1 atom stereocenters. The second kappa shape index (κ2) is 9.30. The molecule has 0 saturated heterocycles. The Kier molecular flexibility index (Phi) is 7.42. The Balaban J connectivity index is 2.04. The number of rotatable bonds is 7. The van der Waals surface area contributed by atoms with Crippen LogP contribution in [0, 0.1) is 0 Å². The van der Waals surface area contributed by atoms with Crippen molar-refractivity contribution < 1.29 is 13.2 Å². The van der Waals surface area contributed by atoms with Crippen LogP contribution in [-0.4, -0.2) is 42.6 Å². The molecule has 1 unspecified atom stereocenters. The molecule has 2 rings (SSSR count). The largest absolute Gasteiger partial charge is 0.364 e. The fourth-order valence-corrected chi connectivity index (χ4v) is 3.86. The van der Waals surface area contributed by atoms with Gasteiger partial charge in [-0.15, -0.1) is 0 Å². The van der Waals surface area contributed by atoms with E-state index < -0.39 is 20.3 Å². The SMILES string of the molecule is C=C(/C=C\C(=C/C)C(=O)NC1(C)CC=C(N2CC=CC2)C=C1C)NS(=O)(=O)C(C)(C)C. The molecule has 2 N–H and O–H groups in total. The predicted molar refractivity (Wildman–Crippen MR) is 128 cm³/mol. The molecule has 0 radical (unpaired) electrons. The lowest BCUT2D eigenvalue weighted by Gasteiger charge is -2.36. The van der Waals surface area contributed by atoms with Gasteiger partial charge in [0.25, 0.3) is 5.91 Å². The summed E-state index contributed by atoms with van der Waals surface area (Å²) in [5, 5.41) is 3.13. The molecule has 2 aliphatic rings. The van der Waals surface area contributed by atoms with Crippen molar-refractivity contribution >= 4 is 15.9 Å². The Bertz CT molecular complexity index is 984. The number of hydrogen-bond acceptors (Lipinski definition) is 4. The Morgan fingerprint density at radius 3 is 2.35 bits per heavy atom. The van der Waals surface area contributed by atoms with Crippen molar-refractivity contribution in [2.24, 2.45) is 0 Å². The van der Waals surface area contributed by atoms with Crippen molar-refractivity contribution in [3.63, 3.8) is 0 Å². The van der Waals surface area contributed by atoms with Crippen LogP contribution in [0.2, 0.25) is 0 Å². The molecule has 0 fully saturated rings. The summed E-state index contributed by atoms with van der Waals surface area (Å²) in [7, 11) is -3.57. The molecular weight excluding hydrogens is 410 g/mol. The number of nitrogens with zero attached hydrogens (tertiary/aromatic N) is 1. The van der Waals surface area contributed by atoms with Crippen molar-refractivity contribution in [3.05, 3.63) is 71.7 Å². The first-order chi connectivity index (χ1) is 14.3. The highest BCUT2D eigenvalue weighted by atomic mass is 32.2. The highest BCUT2D eigenvalue weighted by Gasteiger charge is 2.32. The van der Waals surface area contributed by atoms with Crippen LogP contribution in [-0.2, 0) is 14.8 Å². The maximum absolute atomic E-state index is 12.9. The highest BCUT2D eigenvalue weighted by Crippen LogP contribution is 2.30. The molecule has 0 spiro atoms. The van der Waals surface area contributed by atoms with E-state index in [9.17, 15) is 13.2 Å². The van der Waals surface area contributed by atoms with E-state index in [2.05, 4.69) is 45.8 Å². The van der Waals surface area contributed by atoms with Crippen molar-refractivity contribution in [2.45, 2.75) is 58.2 Å². The molecule has 1 heterocycles. The number of allylic oxidation sites excluding steroid dienone is 3. The molecular formula is C24H35N3O3S. The third-order valence-corrected chi connectivity index (χ3v) is 7.78. The first-order valence-electron chi connectivity index (χ1n) is 10.5. The van der Waals surface area contributed by atoms with Gasteiger partial charge in [0.15, 0.2) is 0 Å². The molecule has 0 saturated carbocycles. The lowest BCUT2D eigenvalue weighted by Crippen LogP contribution is -2.48. The molecule has 31 heavy (non-hydrogen) atoms. The first kappa shape index (κ1) is 24.7. The molecule has 0 bridgehead atoms. The number of carbonyl (C=O) groups is 1. The topological polar surface area (TPSA) is 78.5 Å². The Morgan fingerprint density at radius 2 is 1.84 bits per heavy atom. The van der Waals surface area contributed by atoms with Crippen LogP contribution in [0.4, 0.5) is 0 Å². The van der Waals surface area contributed by atoms with Gasteiger partial charge in [-0.05, 0) is 71.8 Å². The lowest BCUT2D eigenvalue weighted by atomic mass is 9.84. The summed E-state index contributed by atoms with van der Waals surface area (Å²) in [5.74, 6) is -0.222. The predicted octanol–water partition coefficient (Wildman–Crippen LogP) is 3.70. The van der Waals surface area contributed by atoms with E-state index in [0.717, 1.165) is 18.7 Å². The number of sulfonamides is 1. The van der Waals surface area contributed by atoms with Crippen molar-refractivity contribution in [1.82, 2.24) is 14.9 Å². The van der Waals surface area contributed by atoms with E-state index in [1.54, 1.807) is 39.8 Å². The minimum Gasteiger partial charge on any atom is -0.364 e. The van der Waals surface area contributed by atoms with Gasteiger partial charge in [0, 0.05) is 30.1 Å². The second-order valence-corrected chi connectivity index (χ2v) is 11.6. The zero-order valence-corrected chi connectivity index (χ0v) is 20.3. The zero-order chi connectivity index (χ0) is 23.4. The average Bonchev–Trinajstić information content (AvgIpc) is 3.18. The third kappa shape index (κ3) is 6.00. The van der Waals surface area contributed by atoms with Crippen LogP contribution >= 0.6 is 0 Å². The summed E-state index contributed by atoms with van der Waals surface area (Å²) in [4.78, 5) is 15.2. The summed E-state index contributed by atoms with van der Waals surface area (Å²) in [6.45, 7) is 16.2. The summed E-state index contributed by atoms with van der Waals surface area (Å²) in [6, 6.07) is 0. The van der Waals surface area contributed by atoms with Gasteiger partial charge in [-0.2, -0.15) is 0 Å². The van der Waals surface area contributed by atoms with E-state index in [0.29, 0.717) is 12.0 Å². The van der Waals surface area contributed by atoms with Crippen LogP contribution in [0.5, 0.6) is 0 Å². The molecule has 0 aromatic rings. The molecule has 0 aromatic carbocycles. The molecule has 7 heteroatoms. The minimum atomic E-state index is -3.57. The Morgan fingerprint density at radius 1 is 1.23 bits per heavy atom. The molecule has 1 aliphatic heterocycles. The van der Waals surface area contributed by atoms with Gasteiger partial charge in [-0.3, -0.25) is 9.52 Å². The van der Waals surface area contributed by atoms with Crippen molar-refractivity contribution in [1.29, 1.82) is 0 Å². The lowest BCUT2D eigenvalue weighted by molar-refractivity contribution is -0.118. The zero-order valence-electron chi connectivity index (χ0n) is 19.5. The molecule has 1 aliphatic carbocycles. The van der Waals surface area contributed by atoms with E-state index in [4.69, 9.17) is 0 Å². The monoisotopic (exact) mass is 445 g/mol. The number of hydrogen-bond donors (Lipinski definition) is 2. The van der Waals surface area contributed by atoms with Crippen molar-refractivity contribution in [2.75, 3.05) is 13.1 Å². The van der Waals surface area contributed by atoms with E-state index in [1.165, 1.54) is 11.8 Å². The van der Waals surface area contributed by atoms with Gasteiger partial charge in [0.1, 0.15) is 0 Å². The maximum atomic E-state index is 12.9. The van der Waals surface area contributed by atoms with E-state index >= 15 is 0 Å². The van der Waals surface area contributed by atoms with E-state index in [-0.39, 0.29) is 11.6 Å². The maximum Gasteiger partial charge on any atom is 0.251 e. The number of amides is 1. The summed E-state index contributed by atoms with van der Waals surface area (Å²) in [6.07, 6.45) is 14.1. The quantitative estimate of drug-likeness (QED) is 0.356. The van der Waals surface area contributed by atoms with E-state index in [1.807, 2.05) is 13.8 Å². The van der Waals surface area contributed by atoms with Gasteiger partial charge >= 0.3 is 0 Å². The van der Waals surface area contributed by atoms with Crippen LogP contribution in [0.3, 0.4) is 0 Å². The minimum absolute atomic E-state index is 0.203. The van der Waals surface area contributed by atoms with Crippen LogP contribution in [0.25, 0.3) is 0 Å². The number of nitrogens with one attached hydrogen (secondary N) is 2. The van der Waals surface area contributed by atoms with Crippen LogP contribution in [0.15, 0.2) is 71.7 Å². The molecule has 6 nitrogen and oxygen atoms in total. The fraction of sp³-hybridized carbons (Fsp3) is 0.458. The fourth-order valence-electron chi connectivity index (χ4n) is 3.14. The molecule has 1 amide bonds.